The zero-order valence-corrected chi connectivity index (χ0v) is 13.0. The summed E-state index contributed by atoms with van der Waals surface area (Å²) in [6, 6.07) is 2.49. The molecule has 1 aromatic carbocycles. The summed E-state index contributed by atoms with van der Waals surface area (Å²) in [4.78, 5) is -1.13. The number of hydrogen-bond acceptors (Lipinski definition) is 6. The molecular weight excluding hydrogens is 413 g/mol. The Morgan fingerprint density at radius 3 is 2.11 bits per heavy atom. The van der Waals surface area contributed by atoms with E-state index in [2.05, 4.69) is 0 Å². The summed E-state index contributed by atoms with van der Waals surface area (Å²) >= 11 is -2.80. The van der Waals surface area contributed by atoms with Crippen molar-refractivity contribution >= 4 is 44.3 Å². The van der Waals surface area contributed by atoms with Gasteiger partial charge in [-0.25, -0.2) is 0 Å². The van der Waals surface area contributed by atoms with E-state index in [9.17, 15) is 16.8 Å². The number of halogens is 1. The molecule has 0 saturated heterocycles. The minimum atomic E-state index is -4.61. The third-order valence-corrected chi connectivity index (χ3v) is 8.00. The van der Waals surface area contributed by atoms with Crippen LogP contribution < -0.4 is 0 Å². The fourth-order valence-electron chi connectivity index (χ4n) is 1.20. The van der Waals surface area contributed by atoms with Gasteiger partial charge < -0.3 is 0 Å². The molecule has 0 radical (unpaired) electrons. The van der Waals surface area contributed by atoms with Crippen LogP contribution in [0, 0.1) is 8.98 Å². The Hall–Kier alpha value is -0.600. The maximum atomic E-state index is 11.2. The van der Waals surface area contributed by atoms with Crippen LogP contribution in [0.4, 0.5) is 0 Å². The second-order valence-electron chi connectivity index (χ2n) is 3.17. The summed E-state index contributed by atoms with van der Waals surface area (Å²) < 4.78 is 62.4. The van der Waals surface area contributed by atoms with Crippen molar-refractivity contribution < 1.29 is 31.0 Å². The molecule has 0 spiro atoms. The van der Waals surface area contributed by atoms with Crippen LogP contribution >= 0.6 is 19.8 Å². The molecule has 0 atom stereocenters. The van der Waals surface area contributed by atoms with Gasteiger partial charge in [0, 0.05) is 0 Å². The SMILES string of the molecule is N=CI(CO)c1cc(S(=O)(=O)O)ccc1S(=O)(=O)O. The van der Waals surface area contributed by atoms with E-state index in [1.165, 1.54) is 0 Å². The van der Waals surface area contributed by atoms with Crippen LogP contribution in [0.3, 0.4) is 0 Å². The van der Waals surface area contributed by atoms with E-state index in [1.54, 1.807) is 0 Å². The van der Waals surface area contributed by atoms with Crippen molar-refractivity contribution in [2.45, 2.75) is 9.79 Å². The van der Waals surface area contributed by atoms with Gasteiger partial charge in [0.05, 0.1) is 0 Å². The zero-order valence-electron chi connectivity index (χ0n) is 9.19. The normalized spacial score (nSPS) is 13.1. The van der Waals surface area contributed by atoms with Crippen LogP contribution in [0.2, 0.25) is 0 Å². The number of aliphatic hydroxyl groups is 1. The number of benzene rings is 1. The van der Waals surface area contributed by atoms with Crippen molar-refractivity contribution in [1.29, 1.82) is 5.41 Å². The molecule has 108 valence electrons. The zero-order chi connectivity index (χ0) is 14.8. The molecule has 0 aliphatic carbocycles. The van der Waals surface area contributed by atoms with E-state index in [0.717, 1.165) is 22.4 Å². The molecule has 0 heterocycles. The van der Waals surface area contributed by atoms with E-state index < -0.39 is 54.5 Å². The summed E-state index contributed by atoms with van der Waals surface area (Å²) in [5.74, 6) is 0. The Labute approximate surface area is 116 Å². The minimum absolute atomic E-state index is 0.140. The summed E-state index contributed by atoms with van der Waals surface area (Å²) in [6.45, 7) is 0. The standard InChI is InChI=1S/C8H10INO7S2/c10-4-9(5-11)7-3-6(18(12,13)14)1-2-8(7)19(15,16)17/h1-4,10-11H,5H2,(H,12,13,14)(H,15,16,17). The molecule has 11 heteroatoms. The van der Waals surface area contributed by atoms with E-state index >= 15 is 0 Å². The molecule has 1 rings (SSSR count). The molecule has 1 aromatic rings. The number of rotatable bonds is 5. The first-order valence-corrected chi connectivity index (χ1v) is 11.2. The summed E-state index contributed by atoms with van der Waals surface area (Å²) in [5.41, 5.74) is 0. The van der Waals surface area contributed by atoms with Crippen LogP contribution in [-0.4, -0.2) is 39.9 Å². The van der Waals surface area contributed by atoms with Crippen molar-refractivity contribution in [2.75, 3.05) is 4.61 Å². The van der Waals surface area contributed by atoms with Gasteiger partial charge in [-0.15, -0.1) is 0 Å². The third-order valence-electron chi connectivity index (χ3n) is 2.00. The van der Waals surface area contributed by atoms with Crippen LogP contribution in [0.15, 0.2) is 28.0 Å². The van der Waals surface area contributed by atoms with Gasteiger partial charge in [-0.3, -0.25) is 0 Å². The quantitative estimate of drug-likeness (QED) is 0.232. The van der Waals surface area contributed by atoms with Gasteiger partial charge in [0.1, 0.15) is 0 Å². The summed E-state index contributed by atoms with van der Waals surface area (Å²) in [7, 11) is -9.16. The summed E-state index contributed by atoms with van der Waals surface area (Å²) in [5, 5.41) is 16.2. The first-order chi connectivity index (χ1) is 8.61. The number of alkyl halides is 1. The fourth-order valence-corrected chi connectivity index (χ4v) is 6.46. The molecule has 0 saturated carbocycles. The Bertz CT molecular complexity index is 698. The molecule has 8 nitrogen and oxygen atoms in total. The van der Waals surface area contributed by atoms with E-state index in [0.29, 0.717) is 0 Å². The molecule has 0 aliphatic heterocycles. The fraction of sp³-hybridized carbons (Fsp3) is 0.125. The van der Waals surface area contributed by atoms with Gasteiger partial charge in [0.2, 0.25) is 0 Å². The van der Waals surface area contributed by atoms with Crippen molar-refractivity contribution in [3.05, 3.63) is 21.8 Å². The predicted molar refractivity (Wildman–Crippen MR) is 74.7 cm³/mol. The van der Waals surface area contributed by atoms with Crippen LogP contribution in [-0.2, 0) is 20.2 Å². The Balaban J connectivity index is 3.66. The van der Waals surface area contributed by atoms with Gasteiger partial charge in [-0.1, -0.05) is 0 Å². The maximum absolute atomic E-state index is 11.2. The van der Waals surface area contributed by atoms with Gasteiger partial charge in [-0.05, 0) is 0 Å². The number of aliphatic hydroxyl groups excluding tert-OH is 1. The Morgan fingerprint density at radius 1 is 1.16 bits per heavy atom. The molecule has 0 fully saturated rings. The third kappa shape index (κ3) is 3.93. The number of hydrogen-bond donors (Lipinski definition) is 4. The van der Waals surface area contributed by atoms with Crippen LogP contribution in [0.1, 0.15) is 0 Å². The van der Waals surface area contributed by atoms with Crippen molar-refractivity contribution in [3.63, 3.8) is 0 Å². The number of nitrogens with one attached hydrogen (secondary N) is 1. The van der Waals surface area contributed by atoms with E-state index in [-0.39, 0.29) is 3.57 Å². The molecule has 4 N–H and O–H groups in total. The second kappa shape index (κ2) is 5.80. The van der Waals surface area contributed by atoms with Crippen molar-refractivity contribution in [3.8, 4) is 0 Å². The Morgan fingerprint density at radius 2 is 1.74 bits per heavy atom. The van der Waals surface area contributed by atoms with Gasteiger partial charge in [0.15, 0.2) is 0 Å². The van der Waals surface area contributed by atoms with Gasteiger partial charge in [-0.2, -0.15) is 0 Å². The monoisotopic (exact) mass is 423 g/mol. The molecule has 0 aliphatic rings. The van der Waals surface area contributed by atoms with E-state index in [4.69, 9.17) is 19.6 Å². The Kier molecular flexibility index (Phi) is 5.02. The van der Waals surface area contributed by atoms with E-state index in [1.807, 2.05) is 0 Å². The van der Waals surface area contributed by atoms with Crippen LogP contribution in [0.25, 0.3) is 0 Å². The molecular formula is C8H10INO7S2. The topological polar surface area (TPSA) is 153 Å². The molecule has 0 amide bonds. The van der Waals surface area contributed by atoms with Crippen molar-refractivity contribution in [2.24, 2.45) is 0 Å². The van der Waals surface area contributed by atoms with Gasteiger partial charge >= 0.3 is 117 Å². The van der Waals surface area contributed by atoms with Crippen LogP contribution in [0.5, 0.6) is 0 Å². The average Bonchev–Trinajstić information content (AvgIpc) is 2.28. The van der Waals surface area contributed by atoms with Crippen molar-refractivity contribution in [1.82, 2.24) is 0 Å². The summed E-state index contributed by atoms with van der Waals surface area (Å²) in [6.07, 6.45) is 0. The predicted octanol–water partition coefficient (Wildman–Crippen LogP) is 0.413. The molecule has 0 aromatic heterocycles. The molecule has 19 heavy (non-hydrogen) atoms. The first kappa shape index (κ1) is 16.5. The van der Waals surface area contributed by atoms with Gasteiger partial charge in [0.25, 0.3) is 0 Å². The second-order valence-corrected chi connectivity index (χ2v) is 10.7. The first-order valence-electron chi connectivity index (χ1n) is 4.46. The molecule has 0 bridgehead atoms. The molecule has 0 unspecified atom stereocenters. The average molecular weight is 423 g/mol.